The molecule has 11 rings (SSSR count). The van der Waals surface area contributed by atoms with Crippen molar-refractivity contribution in [2.45, 2.75) is 283 Å². The van der Waals surface area contributed by atoms with Crippen molar-refractivity contribution < 1.29 is 157 Å². The van der Waals surface area contributed by atoms with Gasteiger partial charge >= 0.3 is 5.97 Å². The van der Waals surface area contributed by atoms with Crippen molar-refractivity contribution in [1.29, 1.82) is 0 Å². The second-order valence-corrected chi connectivity index (χ2v) is 30.2. The fourth-order valence-corrected chi connectivity index (χ4v) is 18.8. The van der Waals surface area contributed by atoms with E-state index in [4.69, 9.17) is 71.1 Å². The molecule has 0 aromatic rings. The van der Waals surface area contributed by atoms with E-state index in [0.717, 1.165) is 18.4 Å². The zero-order chi connectivity index (χ0) is 71.2. The Kier molecular flexibility index (Phi) is 23.3. The molecule has 11 aliphatic rings. The van der Waals surface area contributed by atoms with Crippen LogP contribution < -0.4 is 0 Å². The average Bonchev–Trinajstić information content (AvgIpc) is 1.47. The van der Waals surface area contributed by atoms with Crippen molar-refractivity contribution in [3.8, 4) is 0 Å². The third kappa shape index (κ3) is 13.2. The summed E-state index contributed by atoms with van der Waals surface area (Å²) in [5, 5.41) is 167. The monoisotopic (exact) mass is 1410 g/mol. The van der Waals surface area contributed by atoms with Gasteiger partial charge in [-0.1, -0.05) is 44.9 Å². The first-order chi connectivity index (χ1) is 46.3. The van der Waals surface area contributed by atoms with Crippen LogP contribution in [0.4, 0.5) is 0 Å². The van der Waals surface area contributed by atoms with E-state index in [9.17, 15) is 86.2 Å². The van der Waals surface area contributed by atoms with Crippen LogP contribution in [0.5, 0.6) is 0 Å². The summed E-state index contributed by atoms with van der Waals surface area (Å²) < 4.78 is 89.5. The van der Waals surface area contributed by atoms with Gasteiger partial charge < -0.3 is 148 Å². The minimum atomic E-state index is -2.14. The number of allylic oxidation sites excluding steroid dienone is 3. The molecule has 32 heteroatoms. The van der Waals surface area contributed by atoms with Crippen molar-refractivity contribution >= 4 is 11.8 Å². The van der Waals surface area contributed by atoms with Gasteiger partial charge in [0.15, 0.2) is 37.7 Å². The SMILES string of the molecule is C=C(C)CCC[C@]1(C)OC(=O)[C@]23CC=C4[C@@H](CC[C@H]5C(C)(C)[C@@H](O[C@@H]6OC[C@@H](O[C@@H]7O[C@H](CO)[C@@H](O)[C@H](O[C@@H]8O[C@H](CO)[C@@H](O)[C@H](OC)[C@H]8O)[C@H]7O)[C@H](O)[C@H]6O[C@@H]6O[C@H](CO)[C@@H](O[C@@H]7OC[C@@H](O)[C@H](O[C@@H]8O[C@H](CO)[C@@H](O)[C@H](OC)[C@H]8O)[C@H]7O)[C@H](O)[C@H]6O)CC[C@]45C)[C@]2(C)CC(=O)[C@@H]31. The minimum absolute atomic E-state index is 0.0446. The highest BCUT2D eigenvalue weighted by molar-refractivity contribution is 5.99. The molecule has 560 valence electrons. The van der Waals surface area contributed by atoms with Gasteiger partial charge in [-0.25, -0.2) is 0 Å². The number of hydrogen-bond donors (Lipinski definition) is 15. The molecule has 0 aromatic heterocycles. The Balaban J connectivity index is 0.836. The highest BCUT2D eigenvalue weighted by Crippen LogP contribution is 2.75. The van der Waals surface area contributed by atoms with E-state index in [1.165, 1.54) is 19.8 Å². The molecule has 0 bridgehead atoms. The second-order valence-electron chi connectivity index (χ2n) is 30.2. The molecule has 7 aliphatic heterocycles. The smallest absolute Gasteiger partial charge is 0.314 e. The van der Waals surface area contributed by atoms with Crippen LogP contribution >= 0.6 is 0 Å². The van der Waals surface area contributed by atoms with Crippen LogP contribution in [0.3, 0.4) is 0 Å². The molecule has 15 N–H and O–H groups in total. The first kappa shape index (κ1) is 76.6. The number of Topliss-reactive ketones (excluding diaryl/α,β-unsaturated/α-hetero) is 1. The number of cyclic esters (lactones) is 1. The third-order valence-electron chi connectivity index (χ3n) is 24.0. The van der Waals surface area contributed by atoms with E-state index in [0.29, 0.717) is 38.5 Å². The van der Waals surface area contributed by atoms with Gasteiger partial charge in [0, 0.05) is 20.6 Å². The number of carbonyl (C=O) groups excluding carboxylic acids is 2. The van der Waals surface area contributed by atoms with Crippen LogP contribution in [-0.4, -0.2) is 326 Å². The summed E-state index contributed by atoms with van der Waals surface area (Å²) in [6.07, 6.45) is -41.6. The highest BCUT2D eigenvalue weighted by Gasteiger charge is 2.79. The number of methoxy groups -OCH3 is 2. The van der Waals surface area contributed by atoms with Gasteiger partial charge in [-0.3, -0.25) is 9.59 Å². The number of ketones is 1. The summed E-state index contributed by atoms with van der Waals surface area (Å²) in [5.74, 6) is -1.07. The topological polar surface area (TPSA) is 476 Å². The molecule has 3 saturated carbocycles. The summed E-state index contributed by atoms with van der Waals surface area (Å²) >= 11 is 0. The van der Waals surface area contributed by atoms with E-state index in [1.54, 1.807) is 0 Å². The average molecular weight is 1410 g/mol. The van der Waals surface area contributed by atoms with Crippen molar-refractivity contribution in [2.24, 2.45) is 39.4 Å². The molecule has 32 nitrogen and oxygen atoms in total. The number of rotatable bonds is 22. The lowest BCUT2D eigenvalue weighted by Crippen LogP contribution is -2.67. The molecular formula is C66H104O32. The Morgan fingerprint density at radius 1 is 0.551 bits per heavy atom. The van der Waals surface area contributed by atoms with Crippen LogP contribution in [0.1, 0.15) is 99.3 Å². The van der Waals surface area contributed by atoms with E-state index < -0.39 is 251 Å². The zero-order valence-corrected chi connectivity index (χ0v) is 56.5. The Hall–Kier alpha value is -2.54. The van der Waals surface area contributed by atoms with Crippen LogP contribution in [0.2, 0.25) is 0 Å². The molecule has 0 aromatic carbocycles. The number of fused-ring (bicyclic) bond motifs is 4. The van der Waals surface area contributed by atoms with Gasteiger partial charge in [0.1, 0.15) is 146 Å². The Bertz CT molecular complexity index is 2800. The van der Waals surface area contributed by atoms with Gasteiger partial charge in [0.05, 0.1) is 57.1 Å². The van der Waals surface area contributed by atoms with Crippen LogP contribution in [0.25, 0.3) is 0 Å². The molecule has 7 saturated heterocycles. The largest absolute Gasteiger partial charge is 0.458 e. The molecule has 7 heterocycles. The van der Waals surface area contributed by atoms with Crippen molar-refractivity contribution in [2.75, 3.05) is 53.9 Å². The maximum atomic E-state index is 14.6. The molecule has 0 unspecified atom stereocenters. The van der Waals surface area contributed by atoms with E-state index in [2.05, 4.69) is 40.3 Å². The summed E-state index contributed by atoms with van der Waals surface area (Å²) in [4.78, 5) is 29.1. The van der Waals surface area contributed by atoms with Gasteiger partial charge in [-0.2, -0.15) is 0 Å². The first-order valence-electron chi connectivity index (χ1n) is 34.2. The quantitative estimate of drug-likeness (QED) is 0.0277. The molecule has 0 amide bonds. The lowest BCUT2D eigenvalue weighted by molar-refractivity contribution is -0.396. The molecule has 10 fully saturated rings. The number of carbonyl (C=O) groups is 2. The van der Waals surface area contributed by atoms with Crippen LogP contribution in [0, 0.1) is 39.4 Å². The molecule has 1 spiro atoms. The number of aliphatic hydroxyl groups excluding tert-OH is 15. The Morgan fingerprint density at radius 2 is 1.06 bits per heavy atom. The molecule has 0 radical (unpaired) electrons. The van der Waals surface area contributed by atoms with E-state index in [1.807, 2.05) is 13.8 Å². The lowest BCUT2D eigenvalue weighted by atomic mass is 9.41. The Labute approximate surface area is 567 Å². The molecule has 36 atom stereocenters. The normalized spacial score (nSPS) is 51.7. The maximum Gasteiger partial charge on any atom is 0.314 e. The van der Waals surface area contributed by atoms with E-state index in [-0.39, 0.29) is 30.0 Å². The third-order valence-corrected chi connectivity index (χ3v) is 24.0. The Morgan fingerprint density at radius 3 is 1.64 bits per heavy atom. The van der Waals surface area contributed by atoms with Gasteiger partial charge in [0.25, 0.3) is 0 Å². The number of esters is 1. The standard InChI is InChI=1S/C66H104O32/c1-26(2)11-10-16-65(7)54-29(71)19-64(6)28-12-13-36-62(3,4)37(15-17-63(36,5)27(28)14-18-66(54,64)61(83)98-65)93-60-53(41(76)35(25-87-60)92-57-47(82)52(40(75)33(22-69)88-57)96-59-46(81)51(85-9)39(74)32(21-68)90-59)97-56-43(78)42(77)49(34(23-70)91-56)95-55-44(79)48(30(72)24-86-55)94-58-45(80)50(84-8)38(73)31(20-67)89-58/h14,28,30-60,67-70,72-82H,1,10-13,15-25H2,2-9H3/t28-,30-,31-,32-,33-,34-,35-,36+,37+,38-,39-,40-,41+,42-,43-,44-,45-,46-,47-,48+,49-,50+,51+,52+,53-,54-,55+,56+,57+,58+,59+,60+,63-,64+,65+,66-/m1/s1. The number of aliphatic hydroxyl groups is 15. The summed E-state index contributed by atoms with van der Waals surface area (Å²) in [7, 11) is 2.36. The fraction of sp³-hybridized carbons (Fsp3) is 0.909. The van der Waals surface area contributed by atoms with Crippen LogP contribution in [-0.2, 0) is 80.6 Å². The molecule has 98 heavy (non-hydrogen) atoms. The first-order valence-corrected chi connectivity index (χ1v) is 34.2. The van der Waals surface area contributed by atoms with Crippen molar-refractivity contribution in [3.05, 3.63) is 23.8 Å². The van der Waals surface area contributed by atoms with Crippen molar-refractivity contribution in [1.82, 2.24) is 0 Å². The number of ether oxygens (including phenoxy) is 15. The predicted molar refractivity (Wildman–Crippen MR) is 326 cm³/mol. The van der Waals surface area contributed by atoms with Gasteiger partial charge in [-0.05, 0) is 93.3 Å². The van der Waals surface area contributed by atoms with Crippen LogP contribution in [0.15, 0.2) is 23.8 Å². The number of hydrogen-bond acceptors (Lipinski definition) is 32. The maximum absolute atomic E-state index is 14.6. The van der Waals surface area contributed by atoms with E-state index >= 15 is 0 Å². The molecular weight excluding hydrogens is 1300 g/mol. The zero-order valence-electron chi connectivity index (χ0n) is 56.5. The summed E-state index contributed by atoms with van der Waals surface area (Å²) in [6.45, 7) is 11.9. The van der Waals surface area contributed by atoms with Crippen molar-refractivity contribution in [3.63, 3.8) is 0 Å². The molecule has 4 aliphatic carbocycles. The second kappa shape index (κ2) is 29.8. The predicted octanol–water partition coefficient (Wildman–Crippen LogP) is -4.29. The lowest BCUT2D eigenvalue weighted by Gasteiger charge is -2.63. The minimum Gasteiger partial charge on any atom is -0.458 e. The van der Waals surface area contributed by atoms with Gasteiger partial charge in [-0.15, -0.1) is 6.58 Å². The summed E-state index contributed by atoms with van der Waals surface area (Å²) in [5.41, 5.74) is -1.68. The highest BCUT2D eigenvalue weighted by atomic mass is 16.8. The fourth-order valence-electron chi connectivity index (χ4n) is 18.8. The summed E-state index contributed by atoms with van der Waals surface area (Å²) in [6, 6.07) is 0. The van der Waals surface area contributed by atoms with Gasteiger partial charge in [0.2, 0.25) is 0 Å².